The molecule has 0 saturated heterocycles. The van der Waals surface area contributed by atoms with Crippen molar-refractivity contribution in [3.63, 3.8) is 0 Å². The van der Waals surface area contributed by atoms with Crippen LogP contribution in [0.1, 0.15) is 10.4 Å². The first kappa shape index (κ1) is 13.9. The molecule has 1 unspecified atom stereocenters. The Bertz CT molecular complexity index is 464. The van der Waals surface area contributed by atoms with E-state index in [1.807, 2.05) is 0 Å². The van der Waals surface area contributed by atoms with Crippen molar-refractivity contribution in [3.8, 4) is 0 Å². The molecular formula is C11H13FN2O4. The molecule has 4 N–H and O–H groups in total. The molecule has 6 nitrogen and oxygen atoms in total. The standard InChI is InChI=1S/C11H13FN2O4/c1-18-11(17)9(15)5-14-10(16)7-4-6(13)2-3-8(7)12/h2-4,9,15H,5,13H2,1H3,(H,14,16). The lowest BCUT2D eigenvalue weighted by atomic mass is 10.1. The summed E-state index contributed by atoms with van der Waals surface area (Å²) < 4.78 is 17.6. The van der Waals surface area contributed by atoms with Gasteiger partial charge in [0.1, 0.15) is 5.82 Å². The molecule has 1 aromatic rings. The summed E-state index contributed by atoms with van der Waals surface area (Å²) in [5.41, 5.74) is 5.40. The molecule has 0 aromatic heterocycles. The molecule has 0 spiro atoms. The van der Waals surface area contributed by atoms with Gasteiger partial charge in [-0.2, -0.15) is 0 Å². The van der Waals surface area contributed by atoms with E-state index in [-0.39, 0.29) is 17.8 Å². The Balaban J connectivity index is 2.66. The molecule has 1 atom stereocenters. The summed E-state index contributed by atoms with van der Waals surface area (Å²) in [5.74, 6) is -2.40. The minimum Gasteiger partial charge on any atom is -0.467 e. The highest BCUT2D eigenvalue weighted by Gasteiger charge is 2.18. The van der Waals surface area contributed by atoms with E-state index in [4.69, 9.17) is 5.73 Å². The summed E-state index contributed by atoms with van der Waals surface area (Å²) in [4.78, 5) is 22.4. The Morgan fingerprint density at radius 1 is 1.56 bits per heavy atom. The fourth-order valence-electron chi connectivity index (χ4n) is 1.22. The van der Waals surface area contributed by atoms with Crippen LogP contribution in [0.15, 0.2) is 18.2 Å². The van der Waals surface area contributed by atoms with Gasteiger partial charge in [0.05, 0.1) is 19.2 Å². The van der Waals surface area contributed by atoms with E-state index in [1.54, 1.807) is 0 Å². The molecule has 0 aliphatic heterocycles. The van der Waals surface area contributed by atoms with Gasteiger partial charge < -0.3 is 20.9 Å². The Morgan fingerprint density at radius 2 is 2.22 bits per heavy atom. The number of hydrogen-bond acceptors (Lipinski definition) is 5. The van der Waals surface area contributed by atoms with Crippen molar-refractivity contribution in [1.29, 1.82) is 0 Å². The summed E-state index contributed by atoms with van der Waals surface area (Å²) in [6, 6.07) is 3.53. The molecule has 0 aliphatic carbocycles. The van der Waals surface area contributed by atoms with E-state index in [9.17, 15) is 19.1 Å². The molecule has 0 fully saturated rings. The van der Waals surface area contributed by atoms with Crippen LogP contribution in [0, 0.1) is 5.82 Å². The van der Waals surface area contributed by atoms with Crippen molar-refractivity contribution in [2.24, 2.45) is 0 Å². The quantitative estimate of drug-likeness (QED) is 0.506. The van der Waals surface area contributed by atoms with Gasteiger partial charge in [-0.05, 0) is 18.2 Å². The van der Waals surface area contributed by atoms with Crippen LogP contribution < -0.4 is 11.1 Å². The maximum Gasteiger partial charge on any atom is 0.336 e. The van der Waals surface area contributed by atoms with Gasteiger partial charge in [0.2, 0.25) is 0 Å². The topological polar surface area (TPSA) is 102 Å². The van der Waals surface area contributed by atoms with Gasteiger partial charge in [-0.15, -0.1) is 0 Å². The minimum atomic E-state index is -1.50. The number of nitrogens with one attached hydrogen (secondary N) is 1. The highest BCUT2D eigenvalue weighted by Crippen LogP contribution is 2.11. The summed E-state index contributed by atoms with van der Waals surface area (Å²) in [5, 5.41) is 11.4. The molecule has 0 aliphatic rings. The van der Waals surface area contributed by atoms with E-state index in [1.165, 1.54) is 6.07 Å². The SMILES string of the molecule is COC(=O)C(O)CNC(=O)c1cc(N)ccc1F. The lowest BCUT2D eigenvalue weighted by molar-refractivity contribution is -0.149. The number of aliphatic hydroxyl groups excluding tert-OH is 1. The van der Waals surface area contributed by atoms with E-state index in [0.717, 1.165) is 19.2 Å². The fourth-order valence-corrected chi connectivity index (χ4v) is 1.22. The number of esters is 1. The van der Waals surface area contributed by atoms with Gasteiger partial charge >= 0.3 is 5.97 Å². The number of rotatable bonds is 4. The van der Waals surface area contributed by atoms with Crippen LogP contribution in [-0.2, 0) is 9.53 Å². The zero-order chi connectivity index (χ0) is 13.7. The number of nitrogens with two attached hydrogens (primary N) is 1. The van der Waals surface area contributed by atoms with Crippen LogP contribution in [0.25, 0.3) is 0 Å². The number of benzene rings is 1. The smallest absolute Gasteiger partial charge is 0.336 e. The van der Waals surface area contributed by atoms with Crippen LogP contribution in [0.2, 0.25) is 0 Å². The van der Waals surface area contributed by atoms with Gasteiger partial charge in [-0.3, -0.25) is 4.79 Å². The first-order chi connectivity index (χ1) is 8.45. The first-order valence-electron chi connectivity index (χ1n) is 5.04. The van der Waals surface area contributed by atoms with Crippen LogP contribution >= 0.6 is 0 Å². The molecule has 0 radical (unpaired) electrons. The van der Waals surface area contributed by atoms with Crippen molar-refractivity contribution in [3.05, 3.63) is 29.6 Å². The molecule has 0 heterocycles. The second kappa shape index (κ2) is 5.97. The first-order valence-corrected chi connectivity index (χ1v) is 5.04. The van der Waals surface area contributed by atoms with Gasteiger partial charge in [-0.25, -0.2) is 9.18 Å². The molecule has 18 heavy (non-hydrogen) atoms. The normalized spacial score (nSPS) is 11.7. The third-order valence-corrected chi connectivity index (χ3v) is 2.16. The molecule has 1 amide bonds. The van der Waals surface area contributed by atoms with Gasteiger partial charge in [0.25, 0.3) is 5.91 Å². The van der Waals surface area contributed by atoms with Crippen LogP contribution in [0.4, 0.5) is 10.1 Å². The van der Waals surface area contributed by atoms with Gasteiger partial charge in [0, 0.05) is 5.69 Å². The van der Waals surface area contributed by atoms with Crippen LogP contribution in [-0.4, -0.2) is 36.7 Å². The van der Waals surface area contributed by atoms with Crippen molar-refractivity contribution in [2.45, 2.75) is 6.10 Å². The number of anilines is 1. The van der Waals surface area contributed by atoms with Crippen molar-refractivity contribution < 1.29 is 23.8 Å². The molecule has 1 rings (SSSR count). The Morgan fingerprint density at radius 3 is 2.83 bits per heavy atom. The Labute approximate surface area is 103 Å². The van der Waals surface area contributed by atoms with E-state index < -0.39 is 23.8 Å². The van der Waals surface area contributed by atoms with Gasteiger partial charge in [0.15, 0.2) is 6.10 Å². The molecule has 7 heteroatoms. The number of hydrogen-bond donors (Lipinski definition) is 3. The van der Waals surface area contributed by atoms with E-state index in [2.05, 4.69) is 10.1 Å². The number of methoxy groups -OCH3 is 1. The van der Waals surface area contributed by atoms with Crippen molar-refractivity contribution in [2.75, 3.05) is 19.4 Å². The third-order valence-electron chi connectivity index (χ3n) is 2.16. The number of aliphatic hydroxyl groups is 1. The summed E-state index contributed by atoms with van der Waals surface area (Å²) in [6.07, 6.45) is -1.50. The Hall–Kier alpha value is -2.15. The van der Waals surface area contributed by atoms with Crippen molar-refractivity contribution >= 4 is 17.6 Å². The zero-order valence-electron chi connectivity index (χ0n) is 9.64. The minimum absolute atomic E-state index is 0.232. The average molecular weight is 256 g/mol. The summed E-state index contributed by atoms with van der Waals surface area (Å²) in [6.45, 7) is -0.375. The molecule has 0 saturated carbocycles. The van der Waals surface area contributed by atoms with Crippen molar-refractivity contribution in [1.82, 2.24) is 5.32 Å². The fraction of sp³-hybridized carbons (Fsp3) is 0.273. The second-order valence-corrected chi connectivity index (χ2v) is 3.49. The maximum atomic E-state index is 13.3. The number of carbonyl (C=O) groups is 2. The number of halogens is 1. The lowest BCUT2D eigenvalue weighted by Gasteiger charge is -2.10. The molecule has 98 valence electrons. The van der Waals surface area contributed by atoms with Gasteiger partial charge in [-0.1, -0.05) is 0 Å². The molecule has 0 bridgehead atoms. The molecular weight excluding hydrogens is 243 g/mol. The van der Waals surface area contributed by atoms with Crippen LogP contribution in [0.5, 0.6) is 0 Å². The Kier molecular flexibility index (Phi) is 4.61. The maximum absolute atomic E-state index is 13.3. The number of nitrogen functional groups attached to an aromatic ring is 1. The summed E-state index contributed by atoms with van der Waals surface area (Å²) >= 11 is 0. The lowest BCUT2D eigenvalue weighted by Crippen LogP contribution is -2.37. The monoisotopic (exact) mass is 256 g/mol. The highest BCUT2D eigenvalue weighted by molar-refractivity contribution is 5.95. The summed E-state index contributed by atoms with van der Waals surface area (Å²) in [7, 11) is 1.10. The van der Waals surface area contributed by atoms with E-state index >= 15 is 0 Å². The predicted octanol–water partition coefficient (Wildman–Crippen LogP) is -0.328. The average Bonchev–Trinajstić information content (AvgIpc) is 2.37. The van der Waals surface area contributed by atoms with E-state index in [0.29, 0.717) is 0 Å². The molecule has 1 aromatic carbocycles. The van der Waals surface area contributed by atoms with Crippen LogP contribution in [0.3, 0.4) is 0 Å². The second-order valence-electron chi connectivity index (χ2n) is 3.49. The number of carbonyl (C=O) groups excluding carboxylic acids is 2. The largest absolute Gasteiger partial charge is 0.467 e. The zero-order valence-corrected chi connectivity index (χ0v) is 9.64. The predicted molar refractivity (Wildman–Crippen MR) is 61.2 cm³/mol. The number of amides is 1. The highest BCUT2D eigenvalue weighted by atomic mass is 19.1. The third kappa shape index (κ3) is 3.42. The number of ether oxygens (including phenoxy) is 1.